The number of hydrogen-bond donors (Lipinski definition) is 0. The van der Waals surface area contributed by atoms with E-state index in [1.807, 2.05) is 60.7 Å². The third-order valence-corrected chi connectivity index (χ3v) is 5.10. The maximum atomic E-state index is 13.0. The van der Waals surface area contributed by atoms with E-state index >= 15 is 0 Å². The van der Waals surface area contributed by atoms with Crippen molar-refractivity contribution < 1.29 is 9.18 Å². The Balaban J connectivity index is 1.62. The number of rotatable bonds is 6. The number of halogens is 1. The lowest BCUT2D eigenvalue weighted by atomic mass is 10.0. The van der Waals surface area contributed by atoms with E-state index in [4.69, 9.17) is 0 Å². The molecule has 1 heterocycles. The van der Waals surface area contributed by atoms with Gasteiger partial charge in [-0.1, -0.05) is 72.4 Å². The first-order valence-electron chi connectivity index (χ1n) is 8.98. The van der Waals surface area contributed by atoms with Crippen LogP contribution in [0.4, 0.5) is 4.39 Å². The highest BCUT2D eigenvalue weighted by Gasteiger charge is 2.15. The Bertz CT molecular complexity index is 1120. The lowest BCUT2D eigenvalue weighted by Crippen LogP contribution is -2.05. The molecule has 0 atom stereocenters. The Morgan fingerprint density at radius 3 is 1.97 bits per heavy atom. The number of ketones is 1. The molecule has 0 aliphatic carbocycles. The number of Topliss-reactive ketones (excluding diaryl/α,β-unsaturated/α-hetero) is 1. The van der Waals surface area contributed by atoms with Crippen molar-refractivity contribution in [3.05, 3.63) is 96.3 Å². The first-order chi connectivity index (χ1) is 14.2. The SMILES string of the molecule is O=C(CSc1nnc(-c2ccccc2)c(-c2ccccc2)n1)c1ccc(F)cc1. The highest BCUT2D eigenvalue weighted by atomic mass is 32.2. The minimum Gasteiger partial charge on any atom is -0.293 e. The minimum absolute atomic E-state index is 0.119. The fraction of sp³-hybridized carbons (Fsp3) is 0.0435. The molecule has 6 heteroatoms. The van der Waals surface area contributed by atoms with Gasteiger partial charge in [0, 0.05) is 16.7 Å². The molecule has 0 saturated heterocycles. The highest BCUT2D eigenvalue weighted by molar-refractivity contribution is 7.99. The van der Waals surface area contributed by atoms with Crippen molar-refractivity contribution in [3.8, 4) is 22.5 Å². The van der Waals surface area contributed by atoms with Gasteiger partial charge in [-0.25, -0.2) is 9.37 Å². The van der Waals surface area contributed by atoms with Crippen LogP contribution in [0.1, 0.15) is 10.4 Å². The molecule has 29 heavy (non-hydrogen) atoms. The van der Waals surface area contributed by atoms with Gasteiger partial charge in [0.15, 0.2) is 5.78 Å². The van der Waals surface area contributed by atoms with E-state index in [9.17, 15) is 9.18 Å². The predicted molar refractivity (Wildman–Crippen MR) is 112 cm³/mol. The second-order valence-electron chi connectivity index (χ2n) is 6.24. The number of nitrogens with zero attached hydrogens (tertiary/aromatic N) is 3. The van der Waals surface area contributed by atoms with Crippen molar-refractivity contribution in [3.63, 3.8) is 0 Å². The van der Waals surface area contributed by atoms with Gasteiger partial charge in [0.2, 0.25) is 5.16 Å². The molecule has 4 aromatic rings. The van der Waals surface area contributed by atoms with Gasteiger partial charge in [-0.15, -0.1) is 10.2 Å². The van der Waals surface area contributed by atoms with Gasteiger partial charge in [-0.3, -0.25) is 4.79 Å². The van der Waals surface area contributed by atoms with Crippen molar-refractivity contribution in [1.82, 2.24) is 15.2 Å². The molecule has 0 unspecified atom stereocenters. The van der Waals surface area contributed by atoms with Crippen molar-refractivity contribution in [2.24, 2.45) is 0 Å². The third-order valence-electron chi connectivity index (χ3n) is 4.26. The van der Waals surface area contributed by atoms with Gasteiger partial charge in [-0.2, -0.15) is 0 Å². The summed E-state index contributed by atoms with van der Waals surface area (Å²) < 4.78 is 13.0. The van der Waals surface area contributed by atoms with Crippen LogP contribution in [0.25, 0.3) is 22.5 Å². The Kier molecular flexibility index (Phi) is 5.72. The summed E-state index contributed by atoms with van der Waals surface area (Å²) in [7, 11) is 0. The number of carbonyl (C=O) groups is 1. The highest BCUT2D eigenvalue weighted by Crippen LogP contribution is 2.29. The van der Waals surface area contributed by atoms with Gasteiger partial charge in [0.1, 0.15) is 17.2 Å². The van der Waals surface area contributed by atoms with Gasteiger partial charge in [0.25, 0.3) is 0 Å². The number of aromatic nitrogens is 3. The van der Waals surface area contributed by atoms with Crippen molar-refractivity contribution in [1.29, 1.82) is 0 Å². The lowest BCUT2D eigenvalue weighted by molar-refractivity contribution is 0.102. The molecule has 0 amide bonds. The average Bonchev–Trinajstić information content (AvgIpc) is 2.79. The van der Waals surface area contributed by atoms with E-state index in [0.717, 1.165) is 11.1 Å². The number of benzene rings is 3. The lowest BCUT2D eigenvalue weighted by Gasteiger charge is -2.09. The van der Waals surface area contributed by atoms with Crippen molar-refractivity contribution >= 4 is 17.5 Å². The summed E-state index contributed by atoms with van der Waals surface area (Å²) in [6, 6.07) is 25.0. The first-order valence-corrected chi connectivity index (χ1v) is 9.96. The van der Waals surface area contributed by atoms with Crippen LogP contribution < -0.4 is 0 Å². The predicted octanol–water partition coefficient (Wildman–Crippen LogP) is 5.32. The van der Waals surface area contributed by atoms with Gasteiger partial charge >= 0.3 is 0 Å². The molecule has 4 rings (SSSR count). The molecule has 0 aliphatic rings. The molecule has 0 aliphatic heterocycles. The zero-order chi connectivity index (χ0) is 20.1. The van der Waals surface area contributed by atoms with Crippen LogP contribution in [0.15, 0.2) is 90.1 Å². The monoisotopic (exact) mass is 401 g/mol. The summed E-state index contributed by atoms with van der Waals surface area (Å²) in [5.41, 5.74) is 3.70. The number of thioether (sulfide) groups is 1. The molecule has 0 spiro atoms. The molecule has 4 nitrogen and oxygen atoms in total. The molecule has 0 fully saturated rings. The Morgan fingerprint density at radius 1 is 0.759 bits per heavy atom. The smallest absolute Gasteiger partial charge is 0.210 e. The normalized spacial score (nSPS) is 10.7. The Morgan fingerprint density at radius 2 is 1.34 bits per heavy atom. The molecule has 3 aromatic carbocycles. The van der Waals surface area contributed by atoms with Crippen LogP contribution in [0.3, 0.4) is 0 Å². The van der Waals surface area contributed by atoms with E-state index in [0.29, 0.717) is 22.1 Å². The minimum atomic E-state index is -0.370. The molecule has 0 bridgehead atoms. The summed E-state index contributed by atoms with van der Waals surface area (Å²) in [5, 5.41) is 9.02. The van der Waals surface area contributed by atoms with E-state index in [2.05, 4.69) is 15.2 Å². The van der Waals surface area contributed by atoms with Crippen LogP contribution in [-0.4, -0.2) is 26.7 Å². The summed E-state index contributed by atoms with van der Waals surface area (Å²) in [5.74, 6) is -0.343. The molecule has 142 valence electrons. The van der Waals surface area contributed by atoms with Crippen LogP contribution in [0.2, 0.25) is 0 Å². The largest absolute Gasteiger partial charge is 0.293 e. The van der Waals surface area contributed by atoms with E-state index < -0.39 is 0 Å². The summed E-state index contributed by atoms with van der Waals surface area (Å²) in [4.78, 5) is 17.0. The van der Waals surface area contributed by atoms with Gasteiger partial charge in [0.05, 0.1) is 5.75 Å². The van der Waals surface area contributed by atoms with Gasteiger partial charge in [-0.05, 0) is 24.3 Å². The van der Waals surface area contributed by atoms with Crippen molar-refractivity contribution in [2.45, 2.75) is 5.16 Å². The molecule has 1 aromatic heterocycles. The zero-order valence-corrected chi connectivity index (χ0v) is 16.1. The van der Waals surface area contributed by atoms with Crippen LogP contribution in [-0.2, 0) is 0 Å². The topological polar surface area (TPSA) is 55.7 Å². The molecule has 0 N–H and O–H groups in total. The molecular formula is C23H16FN3OS. The third kappa shape index (κ3) is 4.55. The molecule has 0 radical (unpaired) electrons. The Hall–Kier alpha value is -3.38. The molecular weight excluding hydrogens is 385 g/mol. The summed E-state index contributed by atoms with van der Waals surface area (Å²) in [6.45, 7) is 0. The summed E-state index contributed by atoms with van der Waals surface area (Å²) >= 11 is 1.21. The standard InChI is InChI=1S/C23H16FN3OS/c24-19-13-11-16(12-14-19)20(28)15-29-23-25-21(17-7-3-1-4-8-17)22(26-27-23)18-9-5-2-6-10-18/h1-14H,15H2. The van der Waals surface area contributed by atoms with Crippen molar-refractivity contribution in [2.75, 3.05) is 5.75 Å². The zero-order valence-electron chi connectivity index (χ0n) is 15.3. The second-order valence-corrected chi connectivity index (χ2v) is 7.18. The van der Waals surface area contributed by atoms with E-state index in [1.165, 1.54) is 36.0 Å². The van der Waals surface area contributed by atoms with Crippen LogP contribution >= 0.6 is 11.8 Å². The van der Waals surface area contributed by atoms with E-state index in [-0.39, 0.29) is 17.4 Å². The fourth-order valence-corrected chi connectivity index (χ4v) is 3.49. The Labute approximate surface area is 171 Å². The quantitative estimate of drug-likeness (QED) is 0.323. The average molecular weight is 401 g/mol. The van der Waals surface area contributed by atoms with E-state index in [1.54, 1.807) is 0 Å². The maximum absolute atomic E-state index is 13.0. The number of carbonyl (C=O) groups excluding carboxylic acids is 1. The maximum Gasteiger partial charge on any atom is 0.210 e. The fourth-order valence-electron chi connectivity index (χ4n) is 2.81. The van der Waals surface area contributed by atoms with Crippen LogP contribution in [0, 0.1) is 5.82 Å². The van der Waals surface area contributed by atoms with Crippen LogP contribution in [0.5, 0.6) is 0 Å². The number of hydrogen-bond acceptors (Lipinski definition) is 5. The first kappa shape index (κ1) is 19.0. The summed E-state index contributed by atoms with van der Waals surface area (Å²) in [6.07, 6.45) is 0. The molecule has 0 saturated carbocycles. The second kappa shape index (κ2) is 8.75. The van der Waals surface area contributed by atoms with Gasteiger partial charge < -0.3 is 0 Å².